The lowest BCUT2D eigenvalue weighted by Gasteiger charge is -2.19. The van der Waals surface area contributed by atoms with Crippen molar-refractivity contribution in [3.05, 3.63) is 132 Å². The molecular formula is C58H62F2N12O10S2. The number of hydrogen-bond acceptors (Lipinski definition) is 18. The molecule has 440 valence electrons. The summed E-state index contributed by atoms with van der Waals surface area (Å²) in [6, 6.07) is 23.3. The third kappa shape index (κ3) is 19.1. The largest absolute Gasteiger partial charge is 0.508 e. The summed E-state index contributed by atoms with van der Waals surface area (Å²) in [5.74, 6) is -5.91. The third-order valence-electron chi connectivity index (χ3n) is 13.0. The second-order valence-corrected chi connectivity index (χ2v) is 21.9. The standard InChI is InChI=1S/C58H62F2N12O10S2/c1-36-6-8-37(9-7-36)4-3-5-50(73)65-20-21-66-55(78)49(71-52(75)15-14-51(74)68-31-43-24-39(16-18-63-43)54(77)69-32-53(76)72-35-58(59,60)27-44(72)28-61)34-84-83-23-22-81-57(79)82-33-42-12-10-40(29-67-42)45-17-19-64-48-13-11-38(25-46(45)48)41-26-47(62)56(80-2)70-30-41/h6-13,16-19,24-26,29-30,44,49H,3-5,14-15,20-23,27,31-35,62H2,1-2H3,(H,65,73)(H,66,78)(H,68,74)(H,69,77)(H,71,75)/t44-,49?/m0/s1. The number of halogens is 2. The monoisotopic (exact) mass is 1190 g/mol. The number of carbonyl (C=O) groups excluding carboxylic acids is 7. The Morgan fingerprint density at radius 2 is 1.55 bits per heavy atom. The summed E-state index contributed by atoms with van der Waals surface area (Å²) >= 11 is 0. The van der Waals surface area contributed by atoms with Crippen LogP contribution in [0.15, 0.2) is 104 Å². The van der Waals surface area contributed by atoms with Crippen LogP contribution in [0.25, 0.3) is 33.2 Å². The number of aromatic nitrogens is 4. The van der Waals surface area contributed by atoms with Crippen LogP contribution in [-0.2, 0) is 53.0 Å². The molecule has 0 bridgehead atoms. The number of alkyl halides is 2. The van der Waals surface area contributed by atoms with E-state index in [0.29, 0.717) is 35.9 Å². The Bertz CT molecular complexity index is 3360. The summed E-state index contributed by atoms with van der Waals surface area (Å²) in [7, 11) is 4.01. The lowest BCUT2D eigenvalue weighted by Crippen LogP contribution is -2.49. The number of pyridine rings is 4. The number of nitrogens with two attached hydrogens (primary N) is 1. The zero-order valence-corrected chi connectivity index (χ0v) is 47.6. The first-order valence-electron chi connectivity index (χ1n) is 26.6. The van der Waals surface area contributed by atoms with Gasteiger partial charge in [0.15, 0.2) is 0 Å². The minimum absolute atomic E-state index is 0.0363. The molecule has 84 heavy (non-hydrogen) atoms. The van der Waals surface area contributed by atoms with Gasteiger partial charge in [-0.3, -0.25) is 43.7 Å². The quantitative estimate of drug-likeness (QED) is 0.0186. The van der Waals surface area contributed by atoms with E-state index in [0.717, 1.165) is 55.6 Å². The number of likely N-dealkylation sites (tertiary alicyclic amines) is 1. The Morgan fingerprint density at radius 3 is 2.31 bits per heavy atom. The van der Waals surface area contributed by atoms with Crippen LogP contribution in [0.3, 0.4) is 0 Å². The maximum Gasteiger partial charge on any atom is 0.508 e. The highest BCUT2D eigenvalue weighted by Crippen LogP contribution is 2.34. The number of rotatable bonds is 28. The van der Waals surface area contributed by atoms with E-state index < -0.39 is 73.2 Å². The highest BCUT2D eigenvalue weighted by molar-refractivity contribution is 8.76. The molecule has 1 aliphatic heterocycles. The van der Waals surface area contributed by atoms with Gasteiger partial charge in [-0.05, 0) is 78.9 Å². The van der Waals surface area contributed by atoms with E-state index >= 15 is 0 Å². The molecular weight excluding hydrogens is 1130 g/mol. The van der Waals surface area contributed by atoms with Crippen molar-refractivity contribution < 1.29 is 56.6 Å². The van der Waals surface area contributed by atoms with Gasteiger partial charge in [0.25, 0.3) is 11.8 Å². The van der Waals surface area contributed by atoms with Gasteiger partial charge >= 0.3 is 6.16 Å². The topological polar surface area (TPSA) is 312 Å². The van der Waals surface area contributed by atoms with E-state index in [9.17, 15) is 47.6 Å². The number of nitrogen functional groups attached to an aromatic ring is 1. The van der Waals surface area contributed by atoms with Gasteiger partial charge in [-0.25, -0.2) is 18.6 Å². The molecule has 22 nitrogen and oxygen atoms in total. The molecule has 7 rings (SSSR count). The number of amides is 6. The number of carbonyl (C=O) groups is 7. The summed E-state index contributed by atoms with van der Waals surface area (Å²) < 4.78 is 43.4. The molecule has 2 aromatic carbocycles. The van der Waals surface area contributed by atoms with Crippen molar-refractivity contribution in [3.8, 4) is 34.2 Å². The number of ether oxygens (including phenoxy) is 3. The molecule has 5 heterocycles. The van der Waals surface area contributed by atoms with Crippen LogP contribution >= 0.6 is 21.6 Å². The van der Waals surface area contributed by atoms with Crippen molar-refractivity contribution in [1.29, 1.82) is 5.26 Å². The van der Waals surface area contributed by atoms with Crippen LogP contribution in [0.5, 0.6) is 5.88 Å². The zero-order valence-electron chi connectivity index (χ0n) is 46.0. The lowest BCUT2D eigenvalue weighted by atomic mass is 9.98. The lowest BCUT2D eigenvalue weighted by molar-refractivity contribution is -0.131. The number of nitriles is 1. The fourth-order valence-corrected chi connectivity index (χ4v) is 10.6. The molecule has 1 saturated heterocycles. The maximum absolute atomic E-state index is 13.8. The molecule has 1 unspecified atom stereocenters. The van der Waals surface area contributed by atoms with Gasteiger partial charge in [-0.15, -0.1) is 0 Å². The first-order chi connectivity index (χ1) is 40.5. The van der Waals surface area contributed by atoms with Crippen LogP contribution in [0, 0.1) is 18.3 Å². The first-order valence-corrected chi connectivity index (χ1v) is 29.1. The van der Waals surface area contributed by atoms with E-state index in [1.54, 1.807) is 36.8 Å². The van der Waals surface area contributed by atoms with Crippen molar-refractivity contribution in [1.82, 2.24) is 51.4 Å². The predicted octanol–water partition coefficient (Wildman–Crippen LogP) is 6.01. The summed E-state index contributed by atoms with van der Waals surface area (Å²) in [6.45, 7) is 0.351. The van der Waals surface area contributed by atoms with Crippen molar-refractivity contribution in [2.45, 2.75) is 76.6 Å². The first kappa shape index (κ1) is 62.6. The van der Waals surface area contributed by atoms with E-state index in [1.165, 1.54) is 47.0 Å². The average molecular weight is 1190 g/mol. The molecule has 2 atom stereocenters. The molecule has 6 aromatic rings. The second kappa shape index (κ2) is 30.9. The Hall–Kier alpha value is -8.96. The fourth-order valence-electron chi connectivity index (χ4n) is 8.58. The number of benzene rings is 2. The van der Waals surface area contributed by atoms with Crippen LogP contribution < -0.4 is 37.1 Å². The van der Waals surface area contributed by atoms with Gasteiger partial charge in [-0.2, -0.15) is 5.26 Å². The van der Waals surface area contributed by atoms with Crippen molar-refractivity contribution in [2.24, 2.45) is 0 Å². The minimum Gasteiger partial charge on any atom is -0.480 e. The van der Waals surface area contributed by atoms with Crippen molar-refractivity contribution in [3.63, 3.8) is 0 Å². The second-order valence-electron chi connectivity index (χ2n) is 19.3. The van der Waals surface area contributed by atoms with E-state index in [1.807, 2.05) is 61.5 Å². The van der Waals surface area contributed by atoms with Crippen LogP contribution in [0.1, 0.15) is 65.0 Å². The molecule has 0 radical (unpaired) electrons. The molecule has 7 N–H and O–H groups in total. The molecule has 0 saturated carbocycles. The summed E-state index contributed by atoms with van der Waals surface area (Å²) in [6.07, 6.45) is 5.79. The number of nitrogens with zero attached hydrogens (tertiary/aromatic N) is 6. The summed E-state index contributed by atoms with van der Waals surface area (Å²) in [5.41, 5.74) is 13.8. The van der Waals surface area contributed by atoms with Crippen LogP contribution in [-0.4, -0.2) is 136 Å². The van der Waals surface area contributed by atoms with Gasteiger partial charge in [-0.1, -0.05) is 63.5 Å². The van der Waals surface area contributed by atoms with E-state index in [-0.39, 0.29) is 68.6 Å². The van der Waals surface area contributed by atoms with Gasteiger partial charge in [0.2, 0.25) is 35.4 Å². The van der Waals surface area contributed by atoms with Crippen LogP contribution in [0.4, 0.5) is 19.3 Å². The Labute approximate surface area is 490 Å². The predicted molar refractivity (Wildman–Crippen MR) is 311 cm³/mol. The third-order valence-corrected chi connectivity index (χ3v) is 15.4. The number of methoxy groups -OCH3 is 1. The SMILES string of the molecule is COc1ncc(-c2ccc3nccc(-c4ccc(COC(=O)OCCSSCC(NC(=O)CCC(=O)NCc5cc(C(=O)NCC(=O)N6CC(F)(F)C[C@H]6C#N)ccn5)C(=O)NCCNC(=O)CCCc5ccc(C)cc5)nc4)c3c2)cc1N. The van der Waals surface area contributed by atoms with E-state index in [2.05, 4.69) is 46.5 Å². The zero-order chi connectivity index (χ0) is 60.0. The number of hydrogen-bond donors (Lipinski definition) is 6. The molecule has 26 heteroatoms. The highest BCUT2D eigenvalue weighted by Gasteiger charge is 2.47. The Morgan fingerprint density at radius 1 is 0.798 bits per heavy atom. The average Bonchev–Trinajstić information content (AvgIpc) is 2.12. The van der Waals surface area contributed by atoms with Gasteiger partial charge in [0.1, 0.15) is 25.3 Å². The number of nitrogens with one attached hydrogen (secondary N) is 5. The summed E-state index contributed by atoms with van der Waals surface area (Å²) in [5, 5.41) is 23.2. The molecule has 1 fully saturated rings. The minimum atomic E-state index is -3.21. The molecule has 6 amide bonds. The Kier molecular flexibility index (Phi) is 23.1. The van der Waals surface area contributed by atoms with Crippen molar-refractivity contribution in [2.75, 3.05) is 57.1 Å². The maximum atomic E-state index is 13.8. The van der Waals surface area contributed by atoms with Crippen LogP contribution in [0.2, 0.25) is 0 Å². The summed E-state index contributed by atoms with van der Waals surface area (Å²) in [4.78, 5) is 108. The smallest absolute Gasteiger partial charge is 0.480 e. The van der Waals surface area contributed by atoms with Gasteiger partial charge in [0.05, 0.1) is 55.4 Å². The van der Waals surface area contributed by atoms with Gasteiger partial charge in [0, 0.05) is 97.1 Å². The number of aryl methyl sites for hydroxylation is 2. The fraction of sp³-hybridized carbons (Fsp3) is 0.345. The highest BCUT2D eigenvalue weighted by atomic mass is 33.1. The van der Waals surface area contributed by atoms with Crippen molar-refractivity contribution >= 4 is 79.8 Å². The number of fused-ring (bicyclic) bond motifs is 1. The van der Waals surface area contributed by atoms with Gasteiger partial charge < -0.3 is 51.4 Å². The normalized spacial score (nSPS) is 13.7. The molecule has 0 spiro atoms. The molecule has 0 aliphatic carbocycles. The molecule has 4 aromatic heterocycles. The number of anilines is 1. The van der Waals surface area contributed by atoms with E-state index in [4.69, 9.17) is 19.9 Å². The molecule has 1 aliphatic rings. The Balaban J connectivity index is 0.835.